The van der Waals surface area contributed by atoms with Gasteiger partial charge in [-0.25, -0.2) is 9.97 Å². The van der Waals surface area contributed by atoms with Crippen LogP contribution in [0.15, 0.2) is 29.0 Å². The lowest BCUT2D eigenvalue weighted by atomic mass is 10.1. The van der Waals surface area contributed by atoms with Crippen molar-refractivity contribution in [2.45, 2.75) is 19.0 Å². The van der Waals surface area contributed by atoms with Gasteiger partial charge in [0.05, 0.1) is 24.0 Å². The minimum atomic E-state index is -0.115. The molecule has 1 amide bonds. The number of hydrogen-bond donors (Lipinski definition) is 1. The average molecular weight is 362 g/mol. The first-order chi connectivity index (χ1) is 12.1. The number of fused-ring (bicyclic) bond motifs is 1. The Labute approximate surface area is 151 Å². The van der Waals surface area contributed by atoms with E-state index in [2.05, 4.69) is 27.2 Å². The maximum Gasteiger partial charge on any atom is 0.274 e. The molecule has 0 spiro atoms. The quantitative estimate of drug-likeness (QED) is 0.899. The van der Waals surface area contributed by atoms with Crippen LogP contribution in [0.5, 0.6) is 0 Å². The zero-order valence-electron chi connectivity index (χ0n) is 14.0. The predicted octanol–water partition coefficient (Wildman–Crippen LogP) is 2.11. The molecule has 8 heteroatoms. The highest BCUT2D eigenvalue weighted by Gasteiger charge is 2.43. The smallest absolute Gasteiger partial charge is 0.274 e. The van der Waals surface area contributed by atoms with E-state index in [4.69, 9.17) is 16.0 Å². The van der Waals surface area contributed by atoms with Crippen molar-refractivity contribution in [3.63, 3.8) is 0 Å². The summed E-state index contributed by atoms with van der Waals surface area (Å²) in [6.45, 7) is 3.16. The second-order valence-corrected chi connectivity index (χ2v) is 7.07. The number of hydrogen-bond acceptors (Lipinski definition) is 6. The molecule has 0 bridgehead atoms. The number of anilines is 1. The zero-order valence-corrected chi connectivity index (χ0v) is 14.7. The van der Waals surface area contributed by atoms with Gasteiger partial charge >= 0.3 is 0 Å². The van der Waals surface area contributed by atoms with Crippen LogP contribution in [0.25, 0.3) is 0 Å². The second kappa shape index (κ2) is 6.65. The number of carbonyl (C=O) groups is 1. The maximum atomic E-state index is 13.0. The lowest BCUT2D eigenvalue weighted by Crippen LogP contribution is -2.39. The van der Waals surface area contributed by atoms with Crippen LogP contribution in [-0.4, -0.2) is 58.4 Å². The van der Waals surface area contributed by atoms with Crippen molar-refractivity contribution in [1.29, 1.82) is 0 Å². The fourth-order valence-electron chi connectivity index (χ4n) is 3.74. The van der Waals surface area contributed by atoms with E-state index in [0.29, 0.717) is 18.4 Å². The molecule has 25 heavy (non-hydrogen) atoms. The molecule has 2 aromatic rings. The number of amides is 1. The van der Waals surface area contributed by atoms with Gasteiger partial charge in [0, 0.05) is 25.7 Å². The van der Waals surface area contributed by atoms with Gasteiger partial charge < -0.3 is 19.5 Å². The van der Waals surface area contributed by atoms with Crippen LogP contribution in [0.4, 0.5) is 5.95 Å². The summed E-state index contributed by atoms with van der Waals surface area (Å²) in [5.74, 6) is 1.56. The Balaban J connectivity index is 1.51. The highest BCUT2D eigenvalue weighted by molar-refractivity contribution is 6.33. The molecule has 0 unspecified atom stereocenters. The minimum absolute atomic E-state index is 0.115. The van der Waals surface area contributed by atoms with E-state index in [0.717, 1.165) is 31.8 Å². The molecule has 132 valence electrons. The van der Waals surface area contributed by atoms with Crippen molar-refractivity contribution >= 4 is 23.5 Å². The van der Waals surface area contributed by atoms with Crippen LogP contribution in [0.2, 0.25) is 5.02 Å². The first-order valence-corrected chi connectivity index (χ1v) is 8.78. The number of rotatable bonds is 4. The van der Waals surface area contributed by atoms with Crippen LogP contribution < -0.4 is 5.32 Å². The molecule has 7 nitrogen and oxygen atoms in total. The molecule has 2 atom stereocenters. The molecule has 0 radical (unpaired) electrons. The van der Waals surface area contributed by atoms with Crippen LogP contribution in [0.3, 0.4) is 0 Å². The van der Waals surface area contributed by atoms with E-state index in [1.165, 1.54) is 6.20 Å². The highest BCUT2D eigenvalue weighted by Crippen LogP contribution is 2.32. The van der Waals surface area contributed by atoms with Gasteiger partial charge in [-0.15, -0.1) is 0 Å². The van der Waals surface area contributed by atoms with Gasteiger partial charge in [0.25, 0.3) is 5.91 Å². The van der Waals surface area contributed by atoms with Crippen LogP contribution in [-0.2, 0) is 6.54 Å². The Hall–Kier alpha value is -2.12. The van der Waals surface area contributed by atoms with E-state index < -0.39 is 0 Å². The van der Waals surface area contributed by atoms with Gasteiger partial charge in [-0.3, -0.25) is 4.79 Å². The second-order valence-electron chi connectivity index (χ2n) is 6.66. The standard InChI is InChI=1S/C17H20ClN5O2/c1-22-9-11-4-5-23(14(11)10-22)16(24)15-13(18)8-20-17(21-15)19-7-12-3-2-6-25-12/h2-3,6,8,11,14H,4-5,7,9-10H2,1H3,(H,19,20,21)/t11-,14+/m0/s1. The number of halogens is 1. The number of furan rings is 1. The van der Waals surface area contributed by atoms with Crippen LogP contribution in [0.1, 0.15) is 22.7 Å². The summed E-state index contributed by atoms with van der Waals surface area (Å²) in [7, 11) is 2.09. The Kier molecular flexibility index (Phi) is 4.35. The monoisotopic (exact) mass is 361 g/mol. The van der Waals surface area contributed by atoms with Crippen LogP contribution >= 0.6 is 11.6 Å². The number of carbonyl (C=O) groups excluding carboxylic acids is 1. The van der Waals surface area contributed by atoms with E-state index in [9.17, 15) is 4.79 Å². The molecule has 0 aliphatic carbocycles. The number of nitrogens with one attached hydrogen (secondary N) is 1. The van der Waals surface area contributed by atoms with Crippen molar-refractivity contribution in [2.75, 3.05) is 32.0 Å². The molecule has 1 N–H and O–H groups in total. The summed E-state index contributed by atoms with van der Waals surface area (Å²) in [5, 5.41) is 3.34. The van der Waals surface area contributed by atoms with Crippen molar-refractivity contribution in [1.82, 2.24) is 19.8 Å². The van der Waals surface area contributed by atoms with Gasteiger partial charge in [-0.1, -0.05) is 11.6 Å². The lowest BCUT2D eigenvalue weighted by molar-refractivity contribution is 0.0724. The summed E-state index contributed by atoms with van der Waals surface area (Å²) >= 11 is 6.21. The Bertz CT molecular complexity index is 766. The fourth-order valence-corrected chi connectivity index (χ4v) is 3.91. The summed E-state index contributed by atoms with van der Waals surface area (Å²) < 4.78 is 5.27. The topological polar surface area (TPSA) is 74.5 Å². The number of likely N-dealkylation sites (tertiary alicyclic amines) is 2. The van der Waals surface area contributed by atoms with Gasteiger partial charge in [0.15, 0.2) is 5.69 Å². The van der Waals surface area contributed by atoms with Gasteiger partial charge in [-0.05, 0) is 31.5 Å². The van der Waals surface area contributed by atoms with Crippen molar-refractivity contribution in [3.05, 3.63) is 41.1 Å². The largest absolute Gasteiger partial charge is 0.467 e. The molecule has 2 aliphatic rings. The SMILES string of the molecule is CN1C[C@@H]2CCN(C(=O)c3nc(NCc4ccco4)ncc3Cl)[C@@H]2C1. The van der Waals surface area contributed by atoms with Crippen molar-refractivity contribution in [3.8, 4) is 0 Å². The van der Waals surface area contributed by atoms with Crippen LogP contribution in [0, 0.1) is 5.92 Å². The normalized spacial score (nSPS) is 23.0. The summed E-state index contributed by atoms with van der Waals surface area (Å²) in [4.78, 5) is 25.7. The first-order valence-electron chi connectivity index (χ1n) is 8.40. The third-order valence-corrected chi connectivity index (χ3v) is 5.22. The third kappa shape index (κ3) is 3.21. The van der Waals surface area contributed by atoms with Gasteiger partial charge in [-0.2, -0.15) is 0 Å². The fraction of sp³-hybridized carbons (Fsp3) is 0.471. The molecule has 2 saturated heterocycles. The molecule has 2 aliphatic heterocycles. The molecule has 2 fully saturated rings. The van der Waals surface area contributed by atoms with Crippen molar-refractivity contribution in [2.24, 2.45) is 5.92 Å². The Morgan fingerprint density at radius 1 is 1.48 bits per heavy atom. The molecule has 0 aromatic carbocycles. The number of likely N-dealkylation sites (N-methyl/N-ethyl adjacent to an activating group) is 1. The lowest BCUT2D eigenvalue weighted by Gasteiger charge is -2.24. The predicted molar refractivity (Wildman–Crippen MR) is 93.5 cm³/mol. The maximum absolute atomic E-state index is 13.0. The molecule has 2 aromatic heterocycles. The van der Waals surface area contributed by atoms with E-state index >= 15 is 0 Å². The summed E-state index contributed by atoms with van der Waals surface area (Å²) in [6, 6.07) is 3.93. The number of nitrogens with zero attached hydrogens (tertiary/aromatic N) is 4. The Morgan fingerprint density at radius 3 is 3.16 bits per heavy atom. The molecular formula is C17H20ClN5O2. The van der Waals surface area contributed by atoms with Gasteiger partial charge in [0.2, 0.25) is 5.95 Å². The van der Waals surface area contributed by atoms with E-state index in [1.807, 2.05) is 17.0 Å². The van der Waals surface area contributed by atoms with E-state index in [1.54, 1.807) is 6.26 Å². The minimum Gasteiger partial charge on any atom is -0.467 e. The third-order valence-electron chi connectivity index (χ3n) is 4.94. The molecule has 0 saturated carbocycles. The van der Waals surface area contributed by atoms with Crippen molar-refractivity contribution < 1.29 is 9.21 Å². The summed E-state index contributed by atoms with van der Waals surface area (Å²) in [6.07, 6.45) is 4.12. The molecular weight excluding hydrogens is 342 g/mol. The highest BCUT2D eigenvalue weighted by atomic mass is 35.5. The van der Waals surface area contributed by atoms with Gasteiger partial charge in [0.1, 0.15) is 5.76 Å². The number of aromatic nitrogens is 2. The molecule has 4 heterocycles. The van der Waals surface area contributed by atoms with E-state index in [-0.39, 0.29) is 22.7 Å². The summed E-state index contributed by atoms with van der Waals surface area (Å²) in [5.41, 5.74) is 0.258. The first kappa shape index (κ1) is 16.4. The average Bonchev–Trinajstić information content (AvgIpc) is 3.30. The zero-order chi connectivity index (χ0) is 17.4. The Morgan fingerprint density at radius 2 is 2.36 bits per heavy atom. The molecule has 4 rings (SSSR count).